The Morgan fingerprint density at radius 2 is 1.86 bits per heavy atom. The lowest BCUT2D eigenvalue weighted by atomic mass is 9.92. The number of nitrogens with two attached hydrogens (primary N) is 1. The Kier molecular flexibility index (Phi) is 11.8. The van der Waals surface area contributed by atoms with Gasteiger partial charge in [-0.15, -0.1) is 0 Å². The second-order valence-electron chi connectivity index (χ2n) is 12.5. The van der Waals surface area contributed by atoms with Crippen LogP contribution in [-0.4, -0.2) is 74.5 Å². The minimum absolute atomic E-state index is 0.0927. The van der Waals surface area contributed by atoms with Crippen LogP contribution in [0.2, 0.25) is 0 Å². The number of anilines is 1. The van der Waals surface area contributed by atoms with E-state index in [-0.39, 0.29) is 35.9 Å². The Bertz CT molecular complexity index is 1660. The van der Waals surface area contributed by atoms with Crippen molar-refractivity contribution >= 4 is 25.1 Å². The summed E-state index contributed by atoms with van der Waals surface area (Å²) >= 11 is 0. The molecule has 5 rings (SSSR count). The summed E-state index contributed by atoms with van der Waals surface area (Å²) in [7, 11) is -4.41. The van der Waals surface area contributed by atoms with Gasteiger partial charge in [0.2, 0.25) is 5.60 Å². The van der Waals surface area contributed by atoms with Gasteiger partial charge in [0, 0.05) is 0 Å². The third kappa shape index (κ3) is 8.17. The molecule has 3 heterocycles. The predicted molar refractivity (Wildman–Crippen MR) is 177 cm³/mol. The van der Waals surface area contributed by atoms with Gasteiger partial charge >= 0.3 is 13.7 Å². The Balaban J connectivity index is 1.33. The second-order valence-corrected chi connectivity index (χ2v) is 14.2. The number of aliphatic hydroxyl groups is 2. The lowest BCUT2D eigenvalue weighted by Gasteiger charge is -2.26. The highest BCUT2D eigenvalue weighted by Crippen LogP contribution is 2.47. The Morgan fingerprint density at radius 1 is 1.16 bits per heavy atom. The summed E-state index contributed by atoms with van der Waals surface area (Å²) in [6, 6.07) is 10.4. The van der Waals surface area contributed by atoms with Crippen molar-refractivity contribution in [2.45, 2.75) is 102 Å². The molecular formula is C33H45N6O9P. The van der Waals surface area contributed by atoms with Crippen LogP contribution in [0.15, 0.2) is 42.7 Å². The zero-order valence-corrected chi connectivity index (χ0v) is 28.8. The van der Waals surface area contributed by atoms with Gasteiger partial charge in [-0.25, -0.2) is 14.1 Å². The van der Waals surface area contributed by atoms with Crippen molar-refractivity contribution in [3.05, 3.63) is 48.4 Å². The van der Waals surface area contributed by atoms with E-state index in [4.69, 9.17) is 29.0 Å². The number of rotatable bonds is 15. The minimum Gasteiger partial charge on any atom is -0.490 e. The summed E-state index contributed by atoms with van der Waals surface area (Å²) < 4.78 is 44.7. The van der Waals surface area contributed by atoms with Crippen LogP contribution in [0, 0.1) is 17.2 Å². The largest absolute Gasteiger partial charge is 0.490 e. The zero-order chi connectivity index (χ0) is 35.2. The molecule has 2 fully saturated rings. The molecule has 1 aliphatic heterocycles. The van der Waals surface area contributed by atoms with Gasteiger partial charge < -0.3 is 34.7 Å². The molecule has 16 heteroatoms. The molecule has 0 bridgehead atoms. The average Bonchev–Trinajstić information content (AvgIpc) is 3.65. The average molecular weight is 701 g/mol. The topological polar surface area (TPSA) is 213 Å². The van der Waals surface area contributed by atoms with Crippen molar-refractivity contribution in [1.82, 2.24) is 19.7 Å². The van der Waals surface area contributed by atoms with Crippen molar-refractivity contribution in [3.8, 4) is 17.6 Å². The Morgan fingerprint density at radius 3 is 2.53 bits per heavy atom. The van der Waals surface area contributed by atoms with Crippen LogP contribution in [0.4, 0.5) is 5.82 Å². The number of carbonyl (C=O) groups is 1. The number of benzene rings is 1. The summed E-state index contributed by atoms with van der Waals surface area (Å²) in [5.74, 6) is 0.440. The Hall–Kier alpha value is -3.77. The molecule has 6 atom stereocenters. The van der Waals surface area contributed by atoms with Crippen molar-refractivity contribution in [2.24, 2.45) is 5.92 Å². The number of aliphatic hydroxyl groups excluding tert-OH is 2. The van der Waals surface area contributed by atoms with Gasteiger partial charge in [0.25, 0.3) is 0 Å². The fourth-order valence-electron chi connectivity index (χ4n) is 6.04. The Labute approximate surface area is 285 Å². The lowest BCUT2D eigenvalue weighted by Crippen LogP contribution is -2.41. The van der Waals surface area contributed by atoms with Crippen LogP contribution >= 0.6 is 7.75 Å². The number of aromatic nitrogens is 3. The van der Waals surface area contributed by atoms with E-state index in [0.29, 0.717) is 11.3 Å². The number of hydrogen-bond acceptors (Lipinski definition) is 13. The molecular weight excluding hydrogens is 655 g/mol. The maximum Gasteiger partial charge on any atom is 0.459 e. The van der Waals surface area contributed by atoms with Gasteiger partial charge in [0.15, 0.2) is 5.82 Å². The number of nitrogen functional groups attached to an aromatic ring is 1. The van der Waals surface area contributed by atoms with Crippen LogP contribution in [-0.2, 0) is 29.0 Å². The minimum atomic E-state index is -4.41. The van der Waals surface area contributed by atoms with Gasteiger partial charge in [-0.05, 0) is 74.9 Å². The van der Waals surface area contributed by atoms with E-state index in [2.05, 4.69) is 15.2 Å². The molecule has 1 aromatic carbocycles. The van der Waals surface area contributed by atoms with Gasteiger partial charge in [0.1, 0.15) is 53.8 Å². The fourth-order valence-corrected chi connectivity index (χ4v) is 7.55. The zero-order valence-electron chi connectivity index (χ0n) is 27.9. The van der Waals surface area contributed by atoms with Gasteiger partial charge in [-0.2, -0.15) is 15.4 Å². The smallest absolute Gasteiger partial charge is 0.459 e. The van der Waals surface area contributed by atoms with Crippen molar-refractivity contribution in [2.75, 3.05) is 18.9 Å². The highest BCUT2D eigenvalue weighted by Gasteiger charge is 2.58. The molecule has 0 radical (unpaired) electrons. The molecule has 2 aliphatic rings. The molecule has 1 saturated carbocycles. The third-order valence-corrected chi connectivity index (χ3v) is 10.8. The van der Waals surface area contributed by atoms with Crippen LogP contribution in [0.3, 0.4) is 0 Å². The molecule has 0 spiro atoms. The molecule has 3 aromatic rings. The van der Waals surface area contributed by atoms with Crippen LogP contribution < -0.4 is 20.1 Å². The fraction of sp³-hybridized carbons (Fsp3) is 0.576. The van der Waals surface area contributed by atoms with E-state index in [0.717, 1.165) is 38.5 Å². The molecule has 1 unspecified atom stereocenters. The van der Waals surface area contributed by atoms with E-state index >= 15 is 0 Å². The lowest BCUT2D eigenvalue weighted by molar-refractivity contribution is -0.146. The van der Waals surface area contributed by atoms with Crippen LogP contribution in [0.1, 0.15) is 71.4 Å². The van der Waals surface area contributed by atoms with Gasteiger partial charge in [0.05, 0.1) is 25.0 Å². The maximum atomic E-state index is 14.3. The first-order valence-corrected chi connectivity index (χ1v) is 18.3. The summed E-state index contributed by atoms with van der Waals surface area (Å²) in [5, 5.41) is 39.2. The first kappa shape index (κ1) is 36.5. The molecule has 2 aromatic heterocycles. The number of hydrogen-bond donors (Lipinski definition) is 4. The van der Waals surface area contributed by atoms with E-state index in [1.165, 1.54) is 30.3 Å². The standard InChI is InChI=1S/C33H45N6O9P/c1-4-22(5-2)17-44-32(42)21(3)38-49(43,48-25-13-11-24(12-14-25)46-23-9-7-6-8-10-23)45-18-27-29(40)30(41)33(19-34,47-27)28-16-15-26-31(35)36-20-37-39(26)28/h11-16,20-23,27,29-30,40-41H,4-10,17-18H2,1-3H3,(H,38,43)(H2,35,36,37)/t21-,27+,29+,30+,33-,49?/m0/s1. The molecule has 15 nitrogen and oxygen atoms in total. The predicted octanol–water partition coefficient (Wildman–Crippen LogP) is 4.02. The van der Waals surface area contributed by atoms with E-state index in [9.17, 15) is 24.8 Å². The maximum absolute atomic E-state index is 14.3. The number of carbonyl (C=O) groups excluding carboxylic acids is 1. The number of ether oxygens (including phenoxy) is 3. The van der Waals surface area contributed by atoms with Crippen LogP contribution in [0.25, 0.3) is 5.52 Å². The summed E-state index contributed by atoms with van der Waals surface area (Å²) in [4.78, 5) is 16.8. The third-order valence-electron chi connectivity index (χ3n) is 9.12. The monoisotopic (exact) mass is 700 g/mol. The number of nitriles is 1. The van der Waals surface area contributed by atoms with E-state index in [1.54, 1.807) is 30.3 Å². The van der Waals surface area contributed by atoms with Crippen molar-refractivity contribution in [1.29, 1.82) is 5.26 Å². The number of nitrogens with zero attached hydrogens (tertiary/aromatic N) is 4. The number of esters is 1. The van der Waals surface area contributed by atoms with E-state index < -0.39 is 50.3 Å². The molecule has 266 valence electrons. The number of nitrogens with one attached hydrogen (secondary N) is 1. The van der Waals surface area contributed by atoms with Crippen molar-refractivity contribution in [3.63, 3.8) is 0 Å². The van der Waals surface area contributed by atoms with Gasteiger partial charge in [-0.1, -0.05) is 33.1 Å². The first-order valence-electron chi connectivity index (χ1n) is 16.7. The van der Waals surface area contributed by atoms with Crippen molar-refractivity contribution < 1.29 is 42.8 Å². The van der Waals surface area contributed by atoms with Gasteiger partial charge in [-0.3, -0.25) is 9.32 Å². The second kappa shape index (κ2) is 15.8. The molecule has 0 amide bonds. The summed E-state index contributed by atoms with van der Waals surface area (Å²) in [5.41, 5.74) is 4.30. The SMILES string of the molecule is CCC(CC)COC(=O)[C@H](C)NP(=O)(OC[C@H]1O[C@@](C#N)(c2ccc3c(N)ncnn23)[C@H](O)[C@@H]1O)Oc1ccc(OC2CCCCC2)cc1. The molecule has 1 aliphatic carbocycles. The molecule has 1 saturated heterocycles. The van der Waals surface area contributed by atoms with Crippen LogP contribution in [0.5, 0.6) is 11.5 Å². The van der Waals surface area contributed by atoms with E-state index in [1.807, 2.05) is 19.9 Å². The molecule has 49 heavy (non-hydrogen) atoms. The summed E-state index contributed by atoms with van der Waals surface area (Å²) in [6.07, 6.45) is 3.60. The highest BCUT2D eigenvalue weighted by molar-refractivity contribution is 7.52. The normalized spacial score (nSPS) is 24.7. The quantitative estimate of drug-likeness (QED) is 0.130. The first-order chi connectivity index (χ1) is 23.5. The number of fused-ring (bicyclic) bond motifs is 1. The summed E-state index contributed by atoms with van der Waals surface area (Å²) in [6.45, 7) is 5.07. The highest BCUT2D eigenvalue weighted by atomic mass is 31.2. The molecule has 5 N–H and O–H groups in total.